The molecule has 0 heterocycles. The molecule has 4 nitrogen and oxygen atoms in total. The minimum absolute atomic E-state index is 0.111. The summed E-state index contributed by atoms with van der Waals surface area (Å²) in [5.74, 6) is -0.240. The van der Waals surface area contributed by atoms with Gasteiger partial charge >= 0.3 is 0 Å². The summed E-state index contributed by atoms with van der Waals surface area (Å²) in [5.41, 5.74) is 2.46. The number of carbonyl (C=O) groups is 2. The van der Waals surface area contributed by atoms with Crippen LogP contribution in [0.1, 0.15) is 22.8 Å². The van der Waals surface area contributed by atoms with E-state index >= 15 is 0 Å². The lowest BCUT2D eigenvalue weighted by Gasteiger charge is -2.07. The van der Waals surface area contributed by atoms with Gasteiger partial charge in [0.05, 0.1) is 0 Å². The van der Waals surface area contributed by atoms with Gasteiger partial charge in [0.15, 0.2) is 0 Å². The van der Waals surface area contributed by atoms with Gasteiger partial charge in [0, 0.05) is 24.7 Å². The molecule has 0 aliphatic carbocycles. The van der Waals surface area contributed by atoms with E-state index in [4.69, 9.17) is 0 Å². The third-order valence-electron chi connectivity index (χ3n) is 3.01. The van der Waals surface area contributed by atoms with Crippen LogP contribution in [0.25, 0.3) is 0 Å². The number of carbonyl (C=O) groups excluding carboxylic acids is 2. The molecule has 21 heavy (non-hydrogen) atoms. The Hall–Kier alpha value is -2.62. The Labute approximate surface area is 124 Å². The third-order valence-corrected chi connectivity index (χ3v) is 3.01. The standard InChI is InChI=1S/C17H18N2O2/c1-13(20)19-16-9-7-15(8-10-16)17(21)18-12-11-14-5-3-2-4-6-14/h2-10H,11-12H2,1H3,(H,18,21)(H,19,20). The minimum atomic E-state index is -0.130. The topological polar surface area (TPSA) is 58.2 Å². The average Bonchev–Trinajstić information content (AvgIpc) is 2.48. The zero-order valence-electron chi connectivity index (χ0n) is 11.9. The molecular weight excluding hydrogens is 264 g/mol. The van der Waals surface area contributed by atoms with E-state index in [-0.39, 0.29) is 11.8 Å². The highest BCUT2D eigenvalue weighted by molar-refractivity contribution is 5.95. The molecule has 0 spiro atoms. The van der Waals surface area contributed by atoms with Crippen molar-refractivity contribution in [2.24, 2.45) is 0 Å². The smallest absolute Gasteiger partial charge is 0.251 e. The quantitative estimate of drug-likeness (QED) is 0.885. The highest BCUT2D eigenvalue weighted by atomic mass is 16.2. The van der Waals surface area contributed by atoms with E-state index in [2.05, 4.69) is 10.6 Å². The third kappa shape index (κ3) is 4.76. The minimum Gasteiger partial charge on any atom is -0.352 e. The van der Waals surface area contributed by atoms with Crippen LogP contribution in [-0.2, 0) is 11.2 Å². The summed E-state index contributed by atoms with van der Waals surface area (Å²) in [4.78, 5) is 22.9. The Morgan fingerprint density at radius 1 is 0.952 bits per heavy atom. The fourth-order valence-corrected chi connectivity index (χ4v) is 1.98. The summed E-state index contributed by atoms with van der Waals surface area (Å²) in [6, 6.07) is 16.8. The lowest BCUT2D eigenvalue weighted by atomic mass is 10.1. The van der Waals surface area contributed by atoms with Crippen molar-refractivity contribution in [3.05, 3.63) is 65.7 Å². The molecule has 4 heteroatoms. The van der Waals surface area contributed by atoms with Gasteiger partial charge in [0.1, 0.15) is 0 Å². The highest BCUT2D eigenvalue weighted by Gasteiger charge is 2.05. The molecule has 108 valence electrons. The summed E-state index contributed by atoms with van der Waals surface area (Å²) >= 11 is 0. The van der Waals surface area contributed by atoms with Gasteiger partial charge < -0.3 is 10.6 Å². The van der Waals surface area contributed by atoms with Gasteiger partial charge in [0.25, 0.3) is 5.91 Å². The summed E-state index contributed by atoms with van der Waals surface area (Å²) in [7, 11) is 0. The van der Waals surface area contributed by atoms with Crippen LogP contribution in [0.5, 0.6) is 0 Å². The largest absolute Gasteiger partial charge is 0.352 e. The van der Waals surface area contributed by atoms with E-state index in [1.807, 2.05) is 30.3 Å². The van der Waals surface area contributed by atoms with Crippen LogP contribution in [0, 0.1) is 0 Å². The zero-order chi connectivity index (χ0) is 15.1. The highest BCUT2D eigenvalue weighted by Crippen LogP contribution is 2.09. The molecule has 0 aliphatic rings. The zero-order valence-corrected chi connectivity index (χ0v) is 11.9. The number of nitrogens with one attached hydrogen (secondary N) is 2. The van der Waals surface area contributed by atoms with Crippen LogP contribution in [0.2, 0.25) is 0 Å². The Bertz CT molecular complexity index is 606. The average molecular weight is 282 g/mol. The second kappa shape index (κ2) is 7.24. The first-order valence-corrected chi connectivity index (χ1v) is 6.85. The van der Waals surface area contributed by atoms with Crippen molar-refractivity contribution in [1.29, 1.82) is 0 Å². The molecule has 0 radical (unpaired) electrons. The van der Waals surface area contributed by atoms with E-state index in [1.165, 1.54) is 12.5 Å². The van der Waals surface area contributed by atoms with Crippen LogP contribution < -0.4 is 10.6 Å². The number of hydrogen-bond donors (Lipinski definition) is 2. The molecule has 0 fully saturated rings. The van der Waals surface area contributed by atoms with Crippen molar-refractivity contribution in [2.45, 2.75) is 13.3 Å². The van der Waals surface area contributed by atoms with Crippen molar-refractivity contribution in [2.75, 3.05) is 11.9 Å². The number of rotatable bonds is 5. The molecule has 2 aromatic rings. The predicted octanol–water partition coefficient (Wildman–Crippen LogP) is 2.62. The number of hydrogen-bond acceptors (Lipinski definition) is 2. The Balaban J connectivity index is 1.84. The number of amides is 2. The molecule has 0 saturated carbocycles. The van der Waals surface area contributed by atoms with Gasteiger partial charge in [-0.25, -0.2) is 0 Å². The maximum absolute atomic E-state index is 12.0. The van der Waals surface area contributed by atoms with E-state index in [9.17, 15) is 9.59 Å². The molecular formula is C17H18N2O2. The van der Waals surface area contributed by atoms with Crippen molar-refractivity contribution in [3.63, 3.8) is 0 Å². The summed E-state index contributed by atoms with van der Waals surface area (Å²) in [6.07, 6.45) is 0.802. The van der Waals surface area contributed by atoms with Gasteiger partial charge in [-0.15, -0.1) is 0 Å². The van der Waals surface area contributed by atoms with Gasteiger partial charge in [-0.2, -0.15) is 0 Å². The fourth-order valence-electron chi connectivity index (χ4n) is 1.98. The van der Waals surface area contributed by atoms with Gasteiger partial charge in [0.2, 0.25) is 5.91 Å². The Morgan fingerprint density at radius 3 is 2.24 bits per heavy atom. The second-order valence-corrected chi connectivity index (χ2v) is 4.75. The monoisotopic (exact) mass is 282 g/mol. The van der Waals surface area contributed by atoms with Crippen molar-refractivity contribution in [1.82, 2.24) is 5.32 Å². The first-order chi connectivity index (χ1) is 10.1. The summed E-state index contributed by atoms with van der Waals surface area (Å²) in [5, 5.41) is 5.55. The normalized spacial score (nSPS) is 9.95. The van der Waals surface area contributed by atoms with Gasteiger partial charge in [-0.05, 0) is 36.2 Å². The first kappa shape index (κ1) is 14.8. The van der Waals surface area contributed by atoms with Gasteiger partial charge in [-0.3, -0.25) is 9.59 Å². The van der Waals surface area contributed by atoms with E-state index in [0.29, 0.717) is 17.8 Å². The fraction of sp³-hybridized carbons (Fsp3) is 0.176. The van der Waals surface area contributed by atoms with E-state index < -0.39 is 0 Å². The lowest BCUT2D eigenvalue weighted by molar-refractivity contribution is -0.114. The number of anilines is 1. The molecule has 0 atom stereocenters. The SMILES string of the molecule is CC(=O)Nc1ccc(C(=O)NCCc2ccccc2)cc1. The Morgan fingerprint density at radius 2 is 1.62 bits per heavy atom. The summed E-state index contributed by atoms with van der Waals surface area (Å²) < 4.78 is 0. The van der Waals surface area contributed by atoms with E-state index in [1.54, 1.807) is 24.3 Å². The molecule has 2 N–H and O–H groups in total. The molecule has 2 amide bonds. The maximum Gasteiger partial charge on any atom is 0.251 e. The van der Waals surface area contributed by atoms with Crippen molar-refractivity contribution >= 4 is 17.5 Å². The first-order valence-electron chi connectivity index (χ1n) is 6.85. The van der Waals surface area contributed by atoms with Crippen molar-refractivity contribution < 1.29 is 9.59 Å². The number of benzene rings is 2. The maximum atomic E-state index is 12.0. The summed E-state index contributed by atoms with van der Waals surface area (Å²) in [6.45, 7) is 2.04. The molecule has 0 aromatic heterocycles. The molecule has 2 rings (SSSR count). The molecule has 2 aromatic carbocycles. The Kier molecular flexibility index (Phi) is 5.10. The second-order valence-electron chi connectivity index (χ2n) is 4.75. The molecule has 0 bridgehead atoms. The van der Waals surface area contributed by atoms with Crippen LogP contribution in [0.4, 0.5) is 5.69 Å². The molecule has 0 aliphatic heterocycles. The predicted molar refractivity (Wildman–Crippen MR) is 83.2 cm³/mol. The van der Waals surface area contributed by atoms with Gasteiger partial charge in [-0.1, -0.05) is 30.3 Å². The van der Waals surface area contributed by atoms with Crippen LogP contribution in [0.3, 0.4) is 0 Å². The van der Waals surface area contributed by atoms with Crippen LogP contribution in [-0.4, -0.2) is 18.4 Å². The van der Waals surface area contributed by atoms with Crippen LogP contribution in [0.15, 0.2) is 54.6 Å². The lowest BCUT2D eigenvalue weighted by Crippen LogP contribution is -2.25. The molecule has 0 saturated heterocycles. The van der Waals surface area contributed by atoms with Crippen LogP contribution >= 0.6 is 0 Å². The van der Waals surface area contributed by atoms with E-state index in [0.717, 1.165) is 6.42 Å². The van der Waals surface area contributed by atoms with Crippen molar-refractivity contribution in [3.8, 4) is 0 Å². The molecule has 0 unspecified atom stereocenters.